The van der Waals surface area contributed by atoms with Crippen LogP contribution in [0, 0.1) is 0 Å². The summed E-state index contributed by atoms with van der Waals surface area (Å²) in [4.78, 5) is 21.0. The van der Waals surface area contributed by atoms with Crippen LogP contribution < -0.4 is 10.5 Å². The summed E-state index contributed by atoms with van der Waals surface area (Å²) in [6.45, 7) is 2.74. The monoisotopic (exact) mass is 358 g/mol. The number of para-hydroxylation sites is 1. The Morgan fingerprint density at radius 1 is 1.12 bits per heavy atom. The van der Waals surface area contributed by atoms with Gasteiger partial charge in [-0.25, -0.2) is 4.98 Å². The number of rotatable bonds is 7. The molecule has 1 unspecified atom stereocenters. The van der Waals surface area contributed by atoms with Crippen LogP contribution in [0.3, 0.4) is 0 Å². The van der Waals surface area contributed by atoms with Gasteiger partial charge in [0.15, 0.2) is 5.82 Å². The molecule has 0 amide bonds. The number of benzene rings is 2. The minimum absolute atomic E-state index is 0.107. The molecular weight excluding hydrogens is 338 g/mol. The Balaban J connectivity index is 1.85. The van der Waals surface area contributed by atoms with E-state index in [-0.39, 0.29) is 5.56 Å². The number of ether oxygens (including phenoxy) is 1. The van der Waals surface area contributed by atoms with E-state index >= 15 is 0 Å². The lowest BCUT2D eigenvalue weighted by Gasteiger charge is -2.19. The fourth-order valence-corrected chi connectivity index (χ4v) is 3.05. The molecule has 6 heteroatoms. The van der Waals surface area contributed by atoms with E-state index in [2.05, 4.69) is 9.97 Å². The van der Waals surface area contributed by atoms with Gasteiger partial charge in [0.05, 0.1) is 17.5 Å². The summed E-state index contributed by atoms with van der Waals surface area (Å²) in [5.41, 5.74) is 1.67. The van der Waals surface area contributed by atoms with E-state index in [0.717, 1.165) is 23.7 Å². The molecule has 0 aliphatic heterocycles. The third-order valence-electron chi connectivity index (χ3n) is 4.14. The van der Waals surface area contributed by atoms with Crippen molar-refractivity contribution in [3.63, 3.8) is 0 Å². The Labute approximate surface area is 151 Å². The molecule has 5 nitrogen and oxygen atoms in total. The second kappa shape index (κ2) is 8.25. The van der Waals surface area contributed by atoms with Crippen LogP contribution in [0.25, 0.3) is 10.9 Å². The topological polar surface area (TPSA) is 59.4 Å². The normalized spacial score (nSPS) is 12.4. The number of fused-ring (bicyclic) bond motifs is 1. The summed E-state index contributed by atoms with van der Waals surface area (Å²) in [5, 5.41) is 1.35. The summed E-state index contributed by atoms with van der Waals surface area (Å²) in [7, 11) is 1.68. The van der Waals surface area contributed by atoms with E-state index in [0.29, 0.717) is 29.9 Å². The predicted octanol–water partition coefficient (Wildman–Crippen LogP) is 1.81. The van der Waals surface area contributed by atoms with Crippen molar-refractivity contribution in [1.82, 2.24) is 9.97 Å². The van der Waals surface area contributed by atoms with Gasteiger partial charge in [0, 0.05) is 17.7 Å². The van der Waals surface area contributed by atoms with Crippen molar-refractivity contribution >= 4 is 22.5 Å². The fraction of sp³-hybridized carbons (Fsp3) is 0.263. The van der Waals surface area contributed by atoms with E-state index in [4.69, 9.17) is 16.3 Å². The van der Waals surface area contributed by atoms with E-state index in [1.807, 2.05) is 42.5 Å². The Kier molecular flexibility index (Phi) is 5.81. The minimum Gasteiger partial charge on any atom is -0.379 e. The van der Waals surface area contributed by atoms with Crippen LogP contribution >= 0.6 is 11.6 Å². The number of hydrogen-bond acceptors (Lipinski definition) is 3. The molecule has 3 rings (SSSR count). The van der Waals surface area contributed by atoms with Crippen LogP contribution in [0.4, 0.5) is 0 Å². The standard InChI is InChI=1S/C19H20ClN3O2/c1-25-11-10-23(12-14-6-2-4-8-16(14)20)13-18-21-17-9-5-3-7-15(17)19(24)22-18/h2-9H,10-13H2,1H3,(H,21,22,24)/p+1. The van der Waals surface area contributed by atoms with E-state index in [1.54, 1.807) is 13.2 Å². The average molecular weight is 359 g/mol. The number of aromatic nitrogens is 2. The Hall–Kier alpha value is -2.21. The lowest BCUT2D eigenvalue weighted by Crippen LogP contribution is -3.10. The van der Waals surface area contributed by atoms with Crippen LogP contribution in [0.2, 0.25) is 5.02 Å². The molecule has 0 saturated carbocycles. The molecule has 0 aliphatic carbocycles. The van der Waals surface area contributed by atoms with E-state index < -0.39 is 0 Å². The van der Waals surface area contributed by atoms with Gasteiger partial charge in [-0.05, 0) is 18.2 Å². The zero-order chi connectivity index (χ0) is 17.6. The smallest absolute Gasteiger partial charge is 0.258 e. The van der Waals surface area contributed by atoms with Gasteiger partial charge in [0.25, 0.3) is 5.56 Å². The highest BCUT2D eigenvalue weighted by Gasteiger charge is 2.15. The van der Waals surface area contributed by atoms with Crippen LogP contribution in [0.15, 0.2) is 53.3 Å². The molecular formula is C19H21ClN3O2+. The molecule has 0 spiro atoms. The second-order valence-electron chi connectivity index (χ2n) is 5.97. The van der Waals surface area contributed by atoms with Crippen molar-refractivity contribution in [3.8, 4) is 0 Å². The molecule has 1 aromatic heterocycles. The van der Waals surface area contributed by atoms with Crippen molar-refractivity contribution < 1.29 is 9.64 Å². The molecule has 0 fully saturated rings. The maximum absolute atomic E-state index is 12.3. The molecule has 2 aromatic carbocycles. The van der Waals surface area contributed by atoms with Crippen molar-refractivity contribution in [3.05, 3.63) is 75.3 Å². The third kappa shape index (κ3) is 4.45. The van der Waals surface area contributed by atoms with Crippen LogP contribution in [-0.4, -0.2) is 30.2 Å². The number of nitrogens with zero attached hydrogens (tertiary/aromatic N) is 1. The number of aromatic amines is 1. The number of nitrogens with one attached hydrogen (secondary N) is 2. The summed E-state index contributed by atoms with van der Waals surface area (Å²) in [6.07, 6.45) is 0. The number of hydrogen-bond donors (Lipinski definition) is 2. The average Bonchev–Trinajstić information content (AvgIpc) is 2.61. The molecule has 0 saturated heterocycles. The Bertz CT molecular complexity index is 910. The van der Waals surface area contributed by atoms with Crippen LogP contribution in [-0.2, 0) is 17.8 Å². The van der Waals surface area contributed by atoms with Gasteiger partial charge in [0.2, 0.25) is 0 Å². The number of H-pyrrole nitrogens is 1. The van der Waals surface area contributed by atoms with Gasteiger partial charge in [-0.3, -0.25) is 4.79 Å². The maximum atomic E-state index is 12.3. The summed E-state index contributed by atoms with van der Waals surface area (Å²) < 4.78 is 5.23. The van der Waals surface area contributed by atoms with Gasteiger partial charge < -0.3 is 14.6 Å². The molecule has 3 aromatic rings. The van der Waals surface area contributed by atoms with Gasteiger partial charge in [-0.15, -0.1) is 0 Å². The van der Waals surface area contributed by atoms with Crippen molar-refractivity contribution in [2.45, 2.75) is 13.1 Å². The highest BCUT2D eigenvalue weighted by molar-refractivity contribution is 6.31. The van der Waals surface area contributed by atoms with Gasteiger partial charge in [-0.1, -0.05) is 41.9 Å². The van der Waals surface area contributed by atoms with Crippen LogP contribution in [0.5, 0.6) is 0 Å². The number of halogens is 1. The highest BCUT2D eigenvalue weighted by atomic mass is 35.5. The largest absolute Gasteiger partial charge is 0.379 e. The zero-order valence-electron chi connectivity index (χ0n) is 14.1. The predicted molar refractivity (Wildman–Crippen MR) is 98.9 cm³/mol. The van der Waals surface area contributed by atoms with Crippen molar-refractivity contribution in [2.24, 2.45) is 0 Å². The SMILES string of the molecule is COCC[NH+](Cc1nc2ccccc2c(=O)[nH]1)Cc1ccccc1Cl. The molecule has 0 aliphatic rings. The van der Waals surface area contributed by atoms with Gasteiger partial charge in [-0.2, -0.15) is 0 Å². The molecule has 0 bridgehead atoms. The summed E-state index contributed by atoms with van der Waals surface area (Å²) >= 11 is 6.29. The second-order valence-corrected chi connectivity index (χ2v) is 6.37. The quantitative estimate of drug-likeness (QED) is 0.677. The van der Waals surface area contributed by atoms with Crippen molar-refractivity contribution in [1.29, 1.82) is 0 Å². The number of quaternary nitrogens is 1. The molecule has 0 radical (unpaired) electrons. The van der Waals surface area contributed by atoms with Crippen molar-refractivity contribution in [2.75, 3.05) is 20.3 Å². The first-order valence-electron chi connectivity index (χ1n) is 8.21. The summed E-state index contributed by atoms with van der Waals surface area (Å²) in [5.74, 6) is 0.668. The summed E-state index contributed by atoms with van der Waals surface area (Å²) in [6, 6.07) is 15.2. The molecule has 2 N–H and O–H groups in total. The number of methoxy groups -OCH3 is 1. The van der Waals surface area contributed by atoms with Gasteiger partial charge >= 0.3 is 0 Å². The molecule has 25 heavy (non-hydrogen) atoms. The molecule has 1 heterocycles. The van der Waals surface area contributed by atoms with E-state index in [1.165, 1.54) is 4.90 Å². The minimum atomic E-state index is -0.107. The molecule has 1 atom stereocenters. The van der Waals surface area contributed by atoms with Crippen LogP contribution in [0.1, 0.15) is 11.4 Å². The molecule has 130 valence electrons. The first kappa shape index (κ1) is 17.6. The Morgan fingerprint density at radius 2 is 1.88 bits per heavy atom. The maximum Gasteiger partial charge on any atom is 0.258 e. The highest BCUT2D eigenvalue weighted by Crippen LogP contribution is 2.13. The lowest BCUT2D eigenvalue weighted by atomic mass is 10.2. The van der Waals surface area contributed by atoms with E-state index in [9.17, 15) is 4.79 Å². The third-order valence-corrected chi connectivity index (χ3v) is 4.51. The Morgan fingerprint density at radius 3 is 2.68 bits per heavy atom. The van der Waals surface area contributed by atoms with Gasteiger partial charge in [0.1, 0.15) is 19.6 Å². The zero-order valence-corrected chi connectivity index (χ0v) is 14.8. The first-order chi connectivity index (χ1) is 12.2. The lowest BCUT2D eigenvalue weighted by molar-refractivity contribution is -0.928. The first-order valence-corrected chi connectivity index (χ1v) is 8.59. The fourth-order valence-electron chi connectivity index (χ4n) is 2.85.